The average Bonchev–Trinajstić information content (AvgIpc) is 3.10. The molecule has 142 valence electrons. The van der Waals surface area contributed by atoms with Crippen LogP contribution in [0, 0.1) is 5.92 Å². The SMILES string of the molecule is CCOc1ccc(C(NC(=O)c2snnc2CC)C(C)C)cc1OCC. The second-order valence-corrected chi connectivity index (χ2v) is 6.92. The summed E-state index contributed by atoms with van der Waals surface area (Å²) in [5, 5.41) is 7.15. The summed E-state index contributed by atoms with van der Waals surface area (Å²) < 4.78 is 15.2. The van der Waals surface area contributed by atoms with Gasteiger partial charge in [-0.25, -0.2) is 0 Å². The van der Waals surface area contributed by atoms with Gasteiger partial charge in [0.15, 0.2) is 11.5 Å². The maximum absolute atomic E-state index is 12.7. The summed E-state index contributed by atoms with van der Waals surface area (Å²) in [7, 11) is 0. The van der Waals surface area contributed by atoms with Crippen molar-refractivity contribution >= 4 is 17.4 Å². The Morgan fingerprint density at radius 2 is 1.85 bits per heavy atom. The van der Waals surface area contributed by atoms with E-state index < -0.39 is 0 Å². The molecule has 1 N–H and O–H groups in total. The highest BCUT2D eigenvalue weighted by Crippen LogP contribution is 2.33. The average molecular weight is 378 g/mol. The van der Waals surface area contributed by atoms with Gasteiger partial charge in [0.1, 0.15) is 4.88 Å². The van der Waals surface area contributed by atoms with Crippen LogP contribution in [0.2, 0.25) is 0 Å². The predicted octanol–water partition coefficient (Wildman–Crippen LogP) is 4.03. The van der Waals surface area contributed by atoms with Gasteiger partial charge >= 0.3 is 0 Å². The molecule has 1 atom stereocenters. The minimum absolute atomic E-state index is 0.137. The van der Waals surface area contributed by atoms with E-state index in [1.807, 2.05) is 39.0 Å². The Morgan fingerprint density at radius 3 is 2.46 bits per heavy atom. The largest absolute Gasteiger partial charge is 0.490 e. The summed E-state index contributed by atoms with van der Waals surface area (Å²) in [5.74, 6) is 1.48. The third kappa shape index (κ3) is 4.72. The number of amides is 1. The molecule has 2 aromatic rings. The summed E-state index contributed by atoms with van der Waals surface area (Å²) in [5.41, 5.74) is 1.72. The molecule has 0 spiro atoms. The molecule has 0 saturated carbocycles. The van der Waals surface area contributed by atoms with Crippen molar-refractivity contribution in [3.05, 3.63) is 34.3 Å². The molecule has 7 heteroatoms. The number of ether oxygens (including phenoxy) is 2. The molecule has 26 heavy (non-hydrogen) atoms. The zero-order chi connectivity index (χ0) is 19.1. The van der Waals surface area contributed by atoms with E-state index in [0.29, 0.717) is 36.0 Å². The van der Waals surface area contributed by atoms with E-state index in [2.05, 4.69) is 28.8 Å². The molecule has 0 radical (unpaired) electrons. The monoisotopic (exact) mass is 377 g/mol. The summed E-state index contributed by atoms with van der Waals surface area (Å²) >= 11 is 1.13. The van der Waals surface area contributed by atoms with Gasteiger partial charge in [-0.05, 0) is 55.4 Å². The van der Waals surface area contributed by atoms with Crippen LogP contribution in [0.3, 0.4) is 0 Å². The molecular formula is C19H27N3O3S. The van der Waals surface area contributed by atoms with Crippen LogP contribution >= 0.6 is 11.5 Å². The van der Waals surface area contributed by atoms with Gasteiger partial charge in [-0.1, -0.05) is 31.3 Å². The molecule has 0 aliphatic heterocycles. The fourth-order valence-electron chi connectivity index (χ4n) is 2.72. The van der Waals surface area contributed by atoms with Gasteiger partial charge in [-0.3, -0.25) is 4.79 Å². The Balaban J connectivity index is 2.29. The molecule has 1 unspecified atom stereocenters. The van der Waals surface area contributed by atoms with Crippen LogP contribution in [0.25, 0.3) is 0 Å². The minimum Gasteiger partial charge on any atom is -0.490 e. The van der Waals surface area contributed by atoms with Crippen LogP contribution in [-0.2, 0) is 6.42 Å². The van der Waals surface area contributed by atoms with Crippen molar-refractivity contribution in [1.29, 1.82) is 0 Å². The van der Waals surface area contributed by atoms with E-state index in [0.717, 1.165) is 22.8 Å². The van der Waals surface area contributed by atoms with E-state index in [1.54, 1.807) is 0 Å². The number of carbonyl (C=O) groups is 1. The Hall–Kier alpha value is -2.15. The third-order valence-electron chi connectivity index (χ3n) is 3.98. The van der Waals surface area contributed by atoms with E-state index in [1.165, 1.54) is 0 Å². The van der Waals surface area contributed by atoms with Crippen LogP contribution in [0.1, 0.15) is 61.6 Å². The van der Waals surface area contributed by atoms with Crippen molar-refractivity contribution in [3.63, 3.8) is 0 Å². The lowest BCUT2D eigenvalue weighted by atomic mass is 9.95. The number of aromatic nitrogens is 2. The number of hydrogen-bond acceptors (Lipinski definition) is 6. The summed E-state index contributed by atoms with van der Waals surface area (Å²) in [6.45, 7) is 11.1. The molecule has 1 aromatic heterocycles. The van der Waals surface area contributed by atoms with Crippen molar-refractivity contribution in [1.82, 2.24) is 14.9 Å². The number of rotatable bonds is 9. The summed E-state index contributed by atoms with van der Waals surface area (Å²) in [4.78, 5) is 13.3. The third-order valence-corrected chi connectivity index (χ3v) is 4.74. The molecule has 0 bridgehead atoms. The summed E-state index contributed by atoms with van der Waals surface area (Å²) in [6.07, 6.45) is 0.684. The quantitative estimate of drug-likeness (QED) is 0.714. The first kappa shape index (κ1) is 20.2. The zero-order valence-corrected chi connectivity index (χ0v) is 16.9. The molecular weight excluding hydrogens is 350 g/mol. The zero-order valence-electron chi connectivity index (χ0n) is 16.0. The van der Waals surface area contributed by atoms with Gasteiger partial charge < -0.3 is 14.8 Å². The van der Waals surface area contributed by atoms with Gasteiger partial charge in [0.2, 0.25) is 0 Å². The van der Waals surface area contributed by atoms with E-state index in [-0.39, 0.29) is 17.9 Å². The Bertz CT molecular complexity index is 731. The smallest absolute Gasteiger partial charge is 0.265 e. The lowest BCUT2D eigenvalue weighted by Crippen LogP contribution is -2.31. The molecule has 0 saturated heterocycles. The number of benzene rings is 1. The van der Waals surface area contributed by atoms with Gasteiger partial charge in [0, 0.05) is 0 Å². The Morgan fingerprint density at radius 1 is 1.15 bits per heavy atom. The Labute approximate surface area is 159 Å². The molecule has 2 rings (SSSR count). The molecule has 6 nitrogen and oxygen atoms in total. The fraction of sp³-hybridized carbons (Fsp3) is 0.526. The van der Waals surface area contributed by atoms with Crippen LogP contribution in [0.15, 0.2) is 18.2 Å². The highest BCUT2D eigenvalue weighted by atomic mass is 32.1. The highest BCUT2D eigenvalue weighted by Gasteiger charge is 2.23. The molecule has 0 aliphatic carbocycles. The van der Waals surface area contributed by atoms with Gasteiger partial charge in [-0.2, -0.15) is 0 Å². The first-order chi connectivity index (χ1) is 12.5. The predicted molar refractivity (Wildman–Crippen MR) is 103 cm³/mol. The van der Waals surface area contributed by atoms with Crippen LogP contribution in [0.4, 0.5) is 0 Å². The topological polar surface area (TPSA) is 73.3 Å². The number of hydrogen-bond donors (Lipinski definition) is 1. The van der Waals surface area contributed by atoms with Gasteiger partial charge in [0.05, 0.1) is 24.9 Å². The number of aryl methyl sites for hydroxylation is 1. The number of nitrogens with zero attached hydrogens (tertiary/aromatic N) is 2. The molecule has 1 heterocycles. The van der Waals surface area contributed by atoms with E-state index in [9.17, 15) is 4.79 Å². The van der Waals surface area contributed by atoms with Crippen LogP contribution < -0.4 is 14.8 Å². The van der Waals surface area contributed by atoms with Gasteiger partial charge in [0.25, 0.3) is 5.91 Å². The van der Waals surface area contributed by atoms with Crippen LogP contribution in [0.5, 0.6) is 11.5 Å². The Kier molecular flexibility index (Phi) is 7.38. The van der Waals surface area contributed by atoms with Crippen LogP contribution in [-0.4, -0.2) is 28.7 Å². The molecule has 1 amide bonds. The highest BCUT2D eigenvalue weighted by molar-refractivity contribution is 7.08. The number of carbonyl (C=O) groups excluding carboxylic acids is 1. The molecule has 0 fully saturated rings. The van der Waals surface area contributed by atoms with Crippen molar-refractivity contribution in [2.75, 3.05) is 13.2 Å². The standard InChI is InChI=1S/C19H27N3O3S/c1-6-14-18(26-22-21-14)19(23)20-17(12(4)5)13-9-10-15(24-7-2)16(11-13)25-8-3/h9-12,17H,6-8H2,1-5H3,(H,20,23). The van der Waals surface area contributed by atoms with Gasteiger partial charge in [-0.15, -0.1) is 5.10 Å². The maximum atomic E-state index is 12.7. The van der Waals surface area contributed by atoms with Crippen molar-refractivity contribution < 1.29 is 14.3 Å². The van der Waals surface area contributed by atoms with Crippen molar-refractivity contribution in [2.24, 2.45) is 5.92 Å². The normalized spacial score (nSPS) is 12.1. The van der Waals surface area contributed by atoms with Crippen molar-refractivity contribution in [3.8, 4) is 11.5 Å². The number of nitrogens with one attached hydrogen (secondary N) is 1. The second-order valence-electron chi connectivity index (χ2n) is 6.17. The fourth-order valence-corrected chi connectivity index (χ4v) is 3.37. The first-order valence-electron chi connectivity index (χ1n) is 9.03. The van der Waals surface area contributed by atoms with Crippen molar-refractivity contribution in [2.45, 2.75) is 47.1 Å². The van der Waals surface area contributed by atoms with E-state index >= 15 is 0 Å². The lowest BCUT2D eigenvalue weighted by Gasteiger charge is -2.24. The first-order valence-corrected chi connectivity index (χ1v) is 9.80. The second kappa shape index (κ2) is 9.52. The van der Waals surface area contributed by atoms with E-state index in [4.69, 9.17) is 9.47 Å². The lowest BCUT2D eigenvalue weighted by molar-refractivity contribution is 0.0928. The maximum Gasteiger partial charge on any atom is 0.265 e. The summed E-state index contributed by atoms with van der Waals surface area (Å²) in [6, 6.07) is 5.68. The minimum atomic E-state index is -0.149. The molecule has 0 aliphatic rings. The molecule has 1 aromatic carbocycles.